The molecule has 0 aliphatic heterocycles. The lowest BCUT2D eigenvalue weighted by Gasteiger charge is -2.22. The Balaban J connectivity index is 2.90. The molecule has 1 aromatic rings. The minimum absolute atomic E-state index is 0.151. The van der Waals surface area contributed by atoms with E-state index in [1.165, 1.54) is 0 Å². The van der Waals surface area contributed by atoms with Gasteiger partial charge < -0.3 is 15.8 Å². The third-order valence-corrected chi connectivity index (χ3v) is 3.37. The average molecular weight is 345 g/mol. The lowest BCUT2D eigenvalue weighted by atomic mass is 10.0. The van der Waals surface area contributed by atoms with Gasteiger partial charge in [0.15, 0.2) is 0 Å². The van der Waals surface area contributed by atoms with E-state index in [-0.39, 0.29) is 17.3 Å². The Labute approximate surface area is 126 Å². The molecule has 0 bridgehead atoms. The molecule has 0 radical (unpaired) electrons. The number of nitrogens with one attached hydrogen (secondary N) is 1. The van der Waals surface area contributed by atoms with Crippen LogP contribution in [-0.4, -0.2) is 23.6 Å². The summed E-state index contributed by atoms with van der Waals surface area (Å²) in [5.41, 5.74) is 6.36. The number of hydrogen-bond donors (Lipinski definition) is 2. The monoisotopic (exact) mass is 344 g/mol. The number of hydrogen-bond acceptors (Lipinski definition) is 3. The third kappa shape index (κ3) is 4.89. The van der Waals surface area contributed by atoms with Gasteiger partial charge in [-0.05, 0) is 32.0 Å². The number of carbonyl (C=O) groups is 1. The fourth-order valence-corrected chi connectivity index (χ4v) is 2.03. The molecule has 0 atom stereocenters. The molecular weight excluding hydrogens is 328 g/mol. The summed E-state index contributed by atoms with van der Waals surface area (Å²) in [6, 6.07) is 5.36. The van der Waals surface area contributed by atoms with Gasteiger partial charge in [0.1, 0.15) is 4.99 Å². The van der Waals surface area contributed by atoms with Gasteiger partial charge >= 0.3 is 0 Å². The second-order valence-electron chi connectivity index (χ2n) is 4.74. The molecule has 4 nitrogen and oxygen atoms in total. The first-order valence-electron chi connectivity index (χ1n) is 5.69. The van der Waals surface area contributed by atoms with Crippen LogP contribution in [0, 0.1) is 0 Å². The van der Waals surface area contributed by atoms with Crippen molar-refractivity contribution < 1.29 is 9.53 Å². The van der Waals surface area contributed by atoms with Crippen molar-refractivity contribution in [3.05, 3.63) is 28.2 Å². The molecule has 1 aromatic carbocycles. The number of anilines is 1. The number of thiocarbonyl (C=S) groups is 1. The molecule has 19 heavy (non-hydrogen) atoms. The van der Waals surface area contributed by atoms with Crippen molar-refractivity contribution in [3.8, 4) is 0 Å². The summed E-state index contributed by atoms with van der Waals surface area (Å²) in [4.78, 5) is 12.2. The van der Waals surface area contributed by atoms with Gasteiger partial charge in [0.05, 0.1) is 17.7 Å². The molecule has 0 aliphatic rings. The number of halogens is 1. The number of nitrogens with two attached hydrogens (primary N) is 1. The summed E-state index contributed by atoms with van der Waals surface area (Å²) in [7, 11) is 1.58. The zero-order chi connectivity index (χ0) is 14.6. The SMILES string of the molecule is COC(C)(C)CC(=O)Nc1cc(Br)ccc1C(N)=S. The van der Waals surface area contributed by atoms with Crippen molar-refractivity contribution in [2.75, 3.05) is 12.4 Å². The normalized spacial score (nSPS) is 11.2. The number of carbonyl (C=O) groups excluding carboxylic acids is 1. The van der Waals surface area contributed by atoms with E-state index in [4.69, 9.17) is 22.7 Å². The minimum Gasteiger partial charge on any atom is -0.389 e. The largest absolute Gasteiger partial charge is 0.389 e. The second-order valence-corrected chi connectivity index (χ2v) is 6.10. The van der Waals surface area contributed by atoms with Crippen LogP contribution in [0.1, 0.15) is 25.8 Å². The molecule has 0 saturated heterocycles. The molecule has 0 unspecified atom stereocenters. The first-order valence-corrected chi connectivity index (χ1v) is 6.89. The Morgan fingerprint density at radius 1 is 1.53 bits per heavy atom. The minimum atomic E-state index is -0.514. The van der Waals surface area contributed by atoms with Gasteiger partial charge in [-0.15, -0.1) is 0 Å². The van der Waals surface area contributed by atoms with Crippen LogP contribution in [0.2, 0.25) is 0 Å². The van der Waals surface area contributed by atoms with E-state index >= 15 is 0 Å². The molecule has 0 saturated carbocycles. The van der Waals surface area contributed by atoms with Crippen molar-refractivity contribution in [3.63, 3.8) is 0 Å². The van der Waals surface area contributed by atoms with Crippen LogP contribution in [0.5, 0.6) is 0 Å². The Bertz CT molecular complexity index is 503. The zero-order valence-electron chi connectivity index (χ0n) is 11.1. The average Bonchev–Trinajstić information content (AvgIpc) is 2.27. The van der Waals surface area contributed by atoms with E-state index in [1.54, 1.807) is 19.2 Å². The van der Waals surface area contributed by atoms with E-state index in [1.807, 2.05) is 19.9 Å². The van der Waals surface area contributed by atoms with Gasteiger partial charge in [-0.2, -0.15) is 0 Å². The molecule has 0 aromatic heterocycles. The van der Waals surface area contributed by atoms with E-state index in [2.05, 4.69) is 21.2 Å². The molecule has 104 valence electrons. The maximum atomic E-state index is 12.0. The van der Waals surface area contributed by atoms with Gasteiger partial charge in [-0.3, -0.25) is 4.79 Å². The first kappa shape index (κ1) is 16.1. The summed E-state index contributed by atoms with van der Waals surface area (Å²) in [6.45, 7) is 3.70. The lowest BCUT2D eigenvalue weighted by molar-refractivity contribution is -0.121. The number of amides is 1. The molecule has 1 amide bonds. The Morgan fingerprint density at radius 2 is 2.16 bits per heavy atom. The first-order chi connectivity index (χ1) is 8.75. The van der Waals surface area contributed by atoms with Crippen molar-refractivity contribution in [2.24, 2.45) is 5.73 Å². The highest BCUT2D eigenvalue weighted by Crippen LogP contribution is 2.23. The summed E-state index contributed by atoms with van der Waals surface area (Å²) in [5.74, 6) is -0.151. The summed E-state index contributed by atoms with van der Waals surface area (Å²) >= 11 is 8.32. The zero-order valence-corrected chi connectivity index (χ0v) is 13.5. The van der Waals surface area contributed by atoms with Crippen LogP contribution in [0.25, 0.3) is 0 Å². The molecule has 0 aliphatic carbocycles. The van der Waals surface area contributed by atoms with Gasteiger partial charge in [-0.1, -0.05) is 28.1 Å². The van der Waals surface area contributed by atoms with Crippen LogP contribution in [0.3, 0.4) is 0 Å². The van der Waals surface area contributed by atoms with Crippen LogP contribution >= 0.6 is 28.1 Å². The smallest absolute Gasteiger partial charge is 0.227 e. The maximum absolute atomic E-state index is 12.0. The fraction of sp³-hybridized carbons (Fsp3) is 0.385. The number of methoxy groups -OCH3 is 1. The number of rotatable bonds is 5. The Morgan fingerprint density at radius 3 is 2.68 bits per heavy atom. The van der Waals surface area contributed by atoms with Crippen LogP contribution in [0.15, 0.2) is 22.7 Å². The van der Waals surface area contributed by atoms with Crippen molar-refractivity contribution in [1.29, 1.82) is 0 Å². The highest BCUT2D eigenvalue weighted by Gasteiger charge is 2.21. The highest BCUT2D eigenvalue weighted by molar-refractivity contribution is 9.10. The summed E-state index contributed by atoms with van der Waals surface area (Å²) < 4.78 is 6.07. The topological polar surface area (TPSA) is 64.3 Å². The standard InChI is InChI=1S/C13H17BrN2O2S/c1-13(2,18-3)7-11(17)16-10-6-8(14)4-5-9(10)12(15)19/h4-6H,7H2,1-3H3,(H2,15,19)(H,16,17). The summed E-state index contributed by atoms with van der Waals surface area (Å²) in [6.07, 6.45) is 0.243. The fourth-order valence-electron chi connectivity index (χ4n) is 1.49. The van der Waals surface area contributed by atoms with Gasteiger partial charge in [0.2, 0.25) is 5.91 Å². The molecular formula is C13H17BrN2O2S. The van der Waals surface area contributed by atoms with Crippen LogP contribution in [0.4, 0.5) is 5.69 Å². The van der Waals surface area contributed by atoms with Crippen LogP contribution in [-0.2, 0) is 9.53 Å². The predicted molar refractivity (Wildman–Crippen MR) is 84.4 cm³/mol. The summed E-state index contributed by atoms with van der Waals surface area (Å²) in [5, 5.41) is 2.81. The second kappa shape index (κ2) is 6.45. The Hall–Kier alpha value is -0.980. The van der Waals surface area contributed by atoms with Gasteiger partial charge in [-0.25, -0.2) is 0 Å². The highest BCUT2D eigenvalue weighted by atomic mass is 79.9. The Kier molecular flexibility index (Phi) is 5.46. The number of ether oxygens (including phenoxy) is 1. The predicted octanol–water partition coefficient (Wildman–Crippen LogP) is 2.84. The molecule has 6 heteroatoms. The third-order valence-electron chi connectivity index (χ3n) is 2.66. The van der Waals surface area contributed by atoms with E-state index in [9.17, 15) is 4.79 Å². The quantitative estimate of drug-likeness (QED) is 0.806. The van der Waals surface area contributed by atoms with Crippen LogP contribution < -0.4 is 11.1 Å². The van der Waals surface area contributed by atoms with Crippen molar-refractivity contribution in [1.82, 2.24) is 0 Å². The molecule has 0 fully saturated rings. The van der Waals surface area contributed by atoms with Crippen molar-refractivity contribution in [2.45, 2.75) is 25.9 Å². The van der Waals surface area contributed by atoms with Gasteiger partial charge in [0.25, 0.3) is 0 Å². The van der Waals surface area contributed by atoms with E-state index in [0.717, 1.165) is 4.47 Å². The van der Waals surface area contributed by atoms with Gasteiger partial charge in [0, 0.05) is 17.1 Å². The molecule has 0 heterocycles. The van der Waals surface area contributed by atoms with E-state index in [0.29, 0.717) is 11.3 Å². The molecule has 0 spiro atoms. The lowest BCUT2D eigenvalue weighted by Crippen LogP contribution is -2.30. The number of benzene rings is 1. The van der Waals surface area contributed by atoms with E-state index < -0.39 is 5.60 Å². The molecule has 3 N–H and O–H groups in total. The molecule has 1 rings (SSSR count). The van der Waals surface area contributed by atoms with Crippen molar-refractivity contribution >= 4 is 44.7 Å². The maximum Gasteiger partial charge on any atom is 0.227 e.